The maximum atomic E-state index is 12.6. The SMILES string of the molecule is NC1CC2(CCN(C(=O)CN3CCOCC3)CC2)Oc2ccccc21. The van der Waals surface area contributed by atoms with Gasteiger partial charge in [-0.1, -0.05) is 18.2 Å². The molecule has 2 fully saturated rings. The van der Waals surface area contributed by atoms with E-state index < -0.39 is 0 Å². The van der Waals surface area contributed by atoms with Gasteiger partial charge in [-0.3, -0.25) is 9.69 Å². The molecule has 0 aliphatic carbocycles. The summed E-state index contributed by atoms with van der Waals surface area (Å²) in [4.78, 5) is 16.7. The molecule has 1 aromatic carbocycles. The van der Waals surface area contributed by atoms with Gasteiger partial charge in [0.2, 0.25) is 5.91 Å². The summed E-state index contributed by atoms with van der Waals surface area (Å²) in [5.74, 6) is 1.13. The van der Waals surface area contributed by atoms with Crippen LogP contribution in [0.5, 0.6) is 5.75 Å². The van der Waals surface area contributed by atoms with Gasteiger partial charge in [0.1, 0.15) is 11.4 Å². The van der Waals surface area contributed by atoms with Crippen LogP contribution < -0.4 is 10.5 Å². The van der Waals surface area contributed by atoms with E-state index in [0.717, 1.165) is 70.0 Å². The largest absolute Gasteiger partial charge is 0.487 e. The lowest BCUT2D eigenvalue weighted by Gasteiger charge is -2.46. The monoisotopic (exact) mass is 345 g/mol. The Morgan fingerprint density at radius 1 is 1.16 bits per heavy atom. The van der Waals surface area contributed by atoms with Gasteiger partial charge < -0.3 is 20.1 Å². The fourth-order valence-electron chi connectivity index (χ4n) is 4.19. The third kappa shape index (κ3) is 3.52. The summed E-state index contributed by atoms with van der Waals surface area (Å²) >= 11 is 0. The van der Waals surface area contributed by atoms with Gasteiger partial charge >= 0.3 is 0 Å². The average molecular weight is 345 g/mol. The van der Waals surface area contributed by atoms with E-state index in [1.54, 1.807) is 0 Å². The number of rotatable bonds is 2. The van der Waals surface area contributed by atoms with Crippen molar-refractivity contribution in [3.05, 3.63) is 29.8 Å². The number of ether oxygens (including phenoxy) is 2. The molecule has 3 aliphatic heterocycles. The highest BCUT2D eigenvalue weighted by Gasteiger charge is 2.43. The molecular formula is C19H27N3O3. The lowest BCUT2D eigenvalue weighted by Crippen LogP contribution is -2.54. The number of carbonyl (C=O) groups is 1. The minimum absolute atomic E-state index is 0.0144. The smallest absolute Gasteiger partial charge is 0.236 e. The first-order valence-corrected chi connectivity index (χ1v) is 9.27. The summed E-state index contributed by atoms with van der Waals surface area (Å²) in [7, 11) is 0. The van der Waals surface area contributed by atoms with Gasteiger partial charge in [0.15, 0.2) is 0 Å². The third-order valence-electron chi connectivity index (χ3n) is 5.73. The molecule has 1 aromatic rings. The van der Waals surface area contributed by atoms with Crippen molar-refractivity contribution in [1.82, 2.24) is 9.80 Å². The Bertz CT molecular complexity index is 622. The highest BCUT2D eigenvalue weighted by molar-refractivity contribution is 5.78. The number of morpholine rings is 1. The van der Waals surface area contributed by atoms with E-state index >= 15 is 0 Å². The van der Waals surface area contributed by atoms with Gasteiger partial charge in [-0.05, 0) is 6.07 Å². The van der Waals surface area contributed by atoms with Gasteiger partial charge in [0.25, 0.3) is 0 Å². The van der Waals surface area contributed by atoms with Crippen molar-refractivity contribution in [1.29, 1.82) is 0 Å². The van der Waals surface area contributed by atoms with Crippen LogP contribution in [0.1, 0.15) is 30.9 Å². The molecule has 0 aromatic heterocycles. The molecule has 1 atom stereocenters. The first kappa shape index (κ1) is 16.8. The predicted octanol–water partition coefficient (Wildman–Crippen LogP) is 1.16. The summed E-state index contributed by atoms with van der Waals surface area (Å²) in [5, 5.41) is 0. The zero-order chi connectivity index (χ0) is 17.3. The highest BCUT2D eigenvalue weighted by Crippen LogP contribution is 2.43. The second-order valence-electron chi connectivity index (χ2n) is 7.40. The molecule has 0 radical (unpaired) electrons. The lowest BCUT2D eigenvalue weighted by atomic mass is 9.81. The molecule has 0 bridgehead atoms. The predicted molar refractivity (Wildman–Crippen MR) is 94.4 cm³/mol. The number of fused-ring (bicyclic) bond motifs is 1. The minimum Gasteiger partial charge on any atom is -0.487 e. The molecule has 136 valence electrons. The fourth-order valence-corrected chi connectivity index (χ4v) is 4.19. The molecule has 3 aliphatic rings. The van der Waals surface area contributed by atoms with Crippen molar-refractivity contribution in [2.75, 3.05) is 45.9 Å². The van der Waals surface area contributed by atoms with Crippen LogP contribution in [0.3, 0.4) is 0 Å². The summed E-state index contributed by atoms with van der Waals surface area (Å²) in [5.41, 5.74) is 7.27. The van der Waals surface area contributed by atoms with Crippen LogP contribution in [0.15, 0.2) is 24.3 Å². The molecule has 0 saturated carbocycles. The maximum absolute atomic E-state index is 12.6. The molecule has 2 N–H and O–H groups in total. The van der Waals surface area contributed by atoms with Crippen LogP contribution >= 0.6 is 0 Å². The van der Waals surface area contributed by atoms with Gasteiger partial charge in [-0.15, -0.1) is 0 Å². The van der Waals surface area contributed by atoms with Gasteiger partial charge in [-0.2, -0.15) is 0 Å². The number of likely N-dealkylation sites (tertiary alicyclic amines) is 1. The fraction of sp³-hybridized carbons (Fsp3) is 0.632. The molecule has 3 heterocycles. The standard InChI is InChI=1S/C19H27N3O3/c20-16-13-19(25-17-4-2-1-3-15(16)17)5-7-22(8-6-19)18(23)14-21-9-11-24-12-10-21/h1-4,16H,5-14,20H2. The summed E-state index contributed by atoms with van der Waals surface area (Å²) in [6.45, 7) is 5.13. The average Bonchev–Trinajstić information content (AvgIpc) is 2.63. The molecule has 25 heavy (non-hydrogen) atoms. The van der Waals surface area contributed by atoms with Crippen LogP contribution in [0.25, 0.3) is 0 Å². The molecule has 1 amide bonds. The molecule has 4 rings (SSSR count). The Hall–Kier alpha value is -1.63. The van der Waals surface area contributed by atoms with Gasteiger partial charge in [0.05, 0.1) is 19.8 Å². The third-order valence-corrected chi connectivity index (χ3v) is 5.73. The highest BCUT2D eigenvalue weighted by atomic mass is 16.5. The molecular weight excluding hydrogens is 318 g/mol. The Labute approximate surface area is 148 Å². The van der Waals surface area contributed by atoms with Crippen molar-refractivity contribution in [3.8, 4) is 5.75 Å². The van der Waals surface area contributed by atoms with Crippen molar-refractivity contribution in [2.24, 2.45) is 5.73 Å². The Morgan fingerprint density at radius 3 is 2.64 bits per heavy atom. The number of benzene rings is 1. The van der Waals surface area contributed by atoms with Crippen LogP contribution in [0, 0.1) is 0 Å². The summed E-state index contributed by atoms with van der Waals surface area (Å²) in [6.07, 6.45) is 2.53. The topological polar surface area (TPSA) is 68.0 Å². The van der Waals surface area contributed by atoms with Gasteiger partial charge in [-0.25, -0.2) is 0 Å². The zero-order valence-corrected chi connectivity index (χ0v) is 14.7. The molecule has 1 unspecified atom stereocenters. The van der Waals surface area contributed by atoms with Gasteiger partial charge in [0, 0.05) is 57.0 Å². The Kier molecular flexibility index (Phi) is 4.67. The number of piperidine rings is 1. The number of nitrogens with zero attached hydrogens (tertiary/aromatic N) is 2. The number of carbonyl (C=O) groups excluding carboxylic acids is 1. The first-order chi connectivity index (χ1) is 12.2. The second kappa shape index (κ2) is 6.94. The molecule has 2 saturated heterocycles. The Morgan fingerprint density at radius 2 is 1.88 bits per heavy atom. The van der Waals surface area contributed by atoms with E-state index in [9.17, 15) is 4.79 Å². The zero-order valence-electron chi connectivity index (χ0n) is 14.7. The summed E-state index contributed by atoms with van der Waals surface area (Å²) < 4.78 is 11.7. The van der Waals surface area contributed by atoms with Crippen molar-refractivity contribution >= 4 is 5.91 Å². The minimum atomic E-state index is -0.219. The molecule has 6 heteroatoms. The Balaban J connectivity index is 1.36. The maximum Gasteiger partial charge on any atom is 0.236 e. The number of hydrogen-bond acceptors (Lipinski definition) is 5. The number of nitrogens with two attached hydrogens (primary N) is 1. The normalized spacial score (nSPS) is 26.1. The van der Waals surface area contributed by atoms with Crippen molar-refractivity contribution < 1.29 is 14.3 Å². The molecule has 6 nitrogen and oxygen atoms in total. The molecule has 1 spiro atoms. The summed E-state index contributed by atoms with van der Waals surface area (Å²) in [6, 6.07) is 8.07. The van der Waals surface area contributed by atoms with Crippen LogP contribution in [0.2, 0.25) is 0 Å². The van der Waals surface area contributed by atoms with E-state index in [0.29, 0.717) is 6.54 Å². The van der Waals surface area contributed by atoms with E-state index in [4.69, 9.17) is 15.2 Å². The quantitative estimate of drug-likeness (QED) is 0.871. The van der Waals surface area contributed by atoms with E-state index in [2.05, 4.69) is 4.90 Å². The second-order valence-corrected chi connectivity index (χ2v) is 7.40. The number of hydrogen-bond donors (Lipinski definition) is 1. The van der Waals surface area contributed by atoms with Crippen LogP contribution in [-0.4, -0.2) is 67.2 Å². The van der Waals surface area contributed by atoms with Crippen LogP contribution in [0.4, 0.5) is 0 Å². The van der Waals surface area contributed by atoms with Crippen LogP contribution in [-0.2, 0) is 9.53 Å². The first-order valence-electron chi connectivity index (χ1n) is 9.27. The number of amides is 1. The van der Waals surface area contributed by atoms with E-state index in [-0.39, 0.29) is 17.6 Å². The van der Waals surface area contributed by atoms with Crippen molar-refractivity contribution in [2.45, 2.75) is 30.9 Å². The van der Waals surface area contributed by atoms with E-state index in [1.165, 1.54) is 0 Å². The van der Waals surface area contributed by atoms with E-state index in [1.807, 2.05) is 29.2 Å². The van der Waals surface area contributed by atoms with Crippen molar-refractivity contribution in [3.63, 3.8) is 0 Å². The number of para-hydroxylation sites is 1. The lowest BCUT2D eigenvalue weighted by molar-refractivity contribution is -0.137.